The number of hydrogen-bond donors (Lipinski definition) is 1. The van der Waals surface area contributed by atoms with Crippen molar-refractivity contribution in [2.24, 2.45) is 0 Å². The van der Waals surface area contributed by atoms with Crippen molar-refractivity contribution < 1.29 is 27.9 Å². The summed E-state index contributed by atoms with van der Waals surface area (Å²) in [4.78, 5) is 17.2. The Morgan fingerprint density at radius 3 is 2.63 bits per heavy atom. The normalized spacial score (nSPS) is 18.1. The van der Waals surface area contributed by atoms with Gasteiger partial charge in [0.15, 0.2) is 17.3 Å². The van der Waals surface area contributed by atoms with Gasteiger partial charge in [0.05, 0.1) is 18.7 Å². The molecule has 0 saturated carbocycles. The quantitative estimate of drug-likeness (QED) is 0.351. The Balaban J connectivity index is 1.14. The standard InChI is InChI=1S/C27H28FN5O5/c1-35-12-13-36-23-16-22-19(14-20(23)28)26(30-29-22)24-15-21(31-38-24)17-2-4-18(5-3-17)27(34)33-9-7-32(8-10-33)25-6-11-37-25/h2-5,14-16,25H,6-13H2,1H3,(H,29,30). The maximum atomic E-state index is 14.6. The summed E-state index contributed by atoms with van der Waals surface area (Å²) in [6.07, 6.45) is 1.28. The average Bonchev–Trinajstić information content (AvgIpc) is 3.55. The van der Waals surface area contributed by atoms with Gasteiger partial charge in [-0.1, -0.05) is 17.3 Å². The predicted octanol–water partition coefficient (Wildman–Crippen LogP) is 3.55. The van der Waals surface area contributed by atoms with Crippen LogP contribution in [-0.2, 0) is 9.47 Å². The van der Waals surface area contributed by atoms with Crippen LogP contribution in [0.1, 0.15) is 16.8 Å². The molecule has 6 rings (SSSR count). The van der Waals surface area contributed by atoms with E-state index in [0.717, 1.165) is 31.7 Å². The monoisotopic (exact) mass is 521 g/mol. The number of aromatic nitrogens is 3. The first kappa shape index (κ1) is 24.5. The lowest BCUT2D eigenvalue weighted by atomic mass is 10.1. The van der Waals surface area contributed by atoms with Crippen LogP contribution in [0.3, 0.4) is 0 Å². The van der Waals surface area contributed by atoms with Crippen molar-refractivity contribution in [2.75, 3.05) is 53.1 Å². The third kappa shape index (κ3) is 4.75. The van der Waals surface area contributed by atoms with Crippen LogP contribution >= 0.6 is 0 Å². The first-order valence-corrected chi connectivity index (χ1v) is 12.6. The van der Waals surface area contributed by atoms with Crippen LogP contribution in [0.15, 0.2) is 47.0 Å². The second-order valence-corrected chi connectivity index (χ2v) is 9.34. The minimum Gasteiger partial charge on any atom is -0.488 e. The van der Waals surface area contributed by atoms with Gasteiger partial charge >= 0.3 is 0 Å². The first-order chi connectivity index (χ1) is 18.6. The second-order valence-electron chi connectivity index (χ2n) is 9.34. The van der Waals surface area contributed by atoms with E-state index in [2.05, 4.69) is 20.3 Å². The SMILES string of the molecule is COCCOc1cc2[nH]nc(-c3cc(-c4ccc(C(=O)N5CCN(C6CCO6)CC5)cc4)no3)c2cc1F. The van der Waals surface area contributed by atoms with Crippen molar-refractivity contribution in [2.45, 2.75) is 12.6 Å². The molecule has 198 valence electrons. The fraction of sp³-hybridized carbons (Fsp3) is 0.370. The van der Waals surface area contributed by atoms with Gasteiger partial charge in [0, 0.05) is 68.4 Å². The topological polar surface area (TPSA) is 106 Å². The van der Waals surface area contributed by atoms with Gasteiger partial charge in [0.25, 0.3) is 5.91 Å². The molecule has 0 radical (unpaired) electrons. The highest BCUT2D eigenvalue weighted by Crippen LogP contribution is 2.33. The molecule has 0 aliphatic carbocycles. The van der Waals surface area contributed by atoms with E-state index in [-0.39, 0.29) is 24.5 Å². The van der Waals surface area contributed by atoms with Crippen LogP contribution in [0.25, 0.3) is 33.6 Å². The molecule has 2 aromatic heterocycles. The van der Waals surface area contributed by atoms with Gasteiger partial charge in [-0.05, 0) is 18.2 Å². The smallest absolute Gasteiger partial charge is 0.253 e. The molecular formula is C27H28FN5O5. The van der Waals surface area contributed by atoms with Crippen molar-refractivity contribution >= 4 is 16.8 Å². The minimum absolute atomic E-state index is 0.0159. The Bertz CT molecular complexity index is 1420. The summed E-state index contributed by atoms with van der Waals surface area (Å²) in [5.41, 5.74) is 3.06. The molecule has 1 unspecified atom stereocenters. The number of amides is 1. The summed E-state index contributed by atoms with van der Waals surface area (Å²) in [7, 11) is 1.55. The minimum atomic E-state index is -0.506. The van der Waals surface area contributed by atoms with E-state index in [1.165, 1.54) is 6.07 Å². The van der Waals surface area contributed by atoms with Gasteiger partial charge in [-0.25, -0.2) is 4.39 Å². The lowest BCUT2D eigenvalue weighted by Crippen LogP contribution is -2.55. The molecule has 11 heteroatoms. The van der Waals surface area contributed by atoms with Crippen LogP contribution < -0.4 is 4.74 Å². The molecular weight excluding hydrogens is 493 g/mol. The molecule has 1 N–H and O–H groups in total. The highest BCUT2D eigenvalue weighted by molar-refractivity contribution is 5.95. The van der Waals surface area contributed by atoms with E-state index in [4.69, 9.17) is 18.7 Å². The van der Waals surface area contributed by atoms with E-state index in [0.29, 0.717) is 53.3 Å². The number of rotatable bonds is 8. The van der Waals surface area contributed by atoms with Gasteiger partial charge < -0.3 is 23.6 Å². The molecule has 1 amide bonds. The Labute approximate surface area is 218 Å². The Morgan fingerprint density at radius 1 is 1.13 bits per heavy atom. The molecule has 2 aromatic carbocycles. The van der Waals surface area contributed by atoms with E-state index in [9.17, 15) is 9.18 Å². The van der Waals surface area contributed by atoms with Gasteiger partial charge in [-0.15, -0.1) is 0 Å². The zero-order valence-corrected chi connectivity index (χ0v) is 21.0. The van der Waals surface area contributed by atoms with Crippen LogP contribution in [0.4, 0.5) is 4.39 Å². The fourth-order valence-corrected chi connectivity index (χ4v) is 4.76. The summed E-state index contributed by atoms with van der Waals surface area (Å²) < 4.78 is 36.1. The number of methoxy groups -OCH3 is 1. The number of halogens is 1. The number of ether oxygens (including phenoxy) is 3. The first-order valence-electron chi connectivity index (χ1n) is 12.6. The Morgan fingerprint density at radius 2 is 1.92 bits per heavy atom. The second kappa shape index (κ2) is 10.5. The molecule has 4 heterocycles. The third-order valence-electron chi connectivity index (χ3n) is 7.02. The molecule has 10 nitrogen and oxygen atoms in total. The van der Waals surface area contributed by atoms with E-state index >= 15 is 0 Å². The molecule has 2 saturated heterocycles. The summed E-state index contributed by atoms with van der Waals surface area (Å²) in [5.74, 6) is 0.0234. The number of nitrogens with zero attached hydrogens (tertiary/aromatic N) is 4. The third-order valence-corrected chi connectivity index (χ3v) is 7.02. The summed E-state index contributed by atoms with van der Waals surface area (Å²) in [5, 5.41) is 11.9. The van der Waals surface area contributed by atoms with Gasteiger partial charge in [0.1, 0.15) is 24.2 Å². The number of carbonyl (C=O) groups is 1. The summed E-state index contributed by atoms with van der Waals surface area (Å²) in [6.45, 7) is 4.44. The average molecular weight is 522 g/mol. The number of hydrogen-bond acceptors (Lipinski definition) is 8. The summed E-state index contributed by atoms with van der Waals surface area (Å²) in [6, 6.07) is 12.0. The maximum absolute atomic E-state index is 14.6. The zero-order valence-electron chi connectivity index (χ0n) is 21.0. The van der Waals surface area contributed by atoms with Crippen molar-refractivity contribution in [3.63, 3.8) is 0 Å². The maximum Gasteiger partial charge on any atom is 0.253 e. The van der Waals surface area contributed by atoms with Crippen LogP contribution in [0.2, 0.25) is 0 Å². The molecule has 2 fully saturated rings. The highest BCUT2D eigenvalue weighted by Gasteiger charge is 2.30. The Hall–Kier alpha value is -3.80. The van der Waals surface area contributed by atoms with E-state index < -0.39 is 5.82 Å². The van der Waals surface area contributed by atoms with Gasteiger partial charge in [-0.2, -0.15) is 5.10 Å². The molecule has 4 aromatic rings. The van der Waals surface area contributed by atoms with Crippen molar-refractivity contribution in [1.29, 1.82) is 0 Å². The largest absolute Gasteiger partial charge is 0.488 e. The molecule has 38 heavy (non-hydrogen) atoms. The molecule has 1 atom stereocenters. The Kier molecular flexibility index (Phi) is 6.79. The summed E-state index contributed by atoms with van der Waals surface area (Å²) >= 11 is 0. The molecule has 2 aliphatic rings. The molecule has 0 spiro atoms. The van der Waals surface area contributed by atoms with E-state index in [1.807, 2.05) is 17.0 Å². The lowest BCUT2D eigenvalue weighted by molar-refractivity contribution is -0.151. The van der Waals surface area contributed by atoms with Gasteiger partial charge in [0.2, 0.25) is 0 Å². The predicted molar refractivity (Wildman–Crippen MR) is 136 cm³/mol. The molecule has 2 aliphatic heterocycles. The number of carbonyl (C=O) groups excluding carboxylic acids is 1. The number of benzene rings is 2. The van der Waals surface area contributed by atoms with Crippen molar-refractivity contribution in [3.05, 3.63) is 53.8 Å². The van der Waals surface area contributed by atoms with Crippen molar-refractivity contribution in [3.8, 4) is 28.5 Å². The van der Waals surface area contributed by atoms with Gasteiger partial charge in [-0.3, -0.25) is 14.8 Å². The van der Waals surface area contributed by atoms with Crippen LogP contribution in [0.5, 0.6) is 5.75 Å². The highest BCUT2D eigenvalue weighted by atomic mass is 19.1. The number of aromatic amines is 1. The lowest BCUT2D eigenvalue weighted by Gasteiger charge is -2.42. The fourth-order valence-electron chi connectivity index (χ4n) is 4.76. The number of nitrogens with one attached hydrogen (secondary N) is 1. The van der Waals surface area contributed by atoms with Crippen molar-refractivity contribution in [1.82, 2.24) is 25.2 Å². The number of fused-ring (bicyclic) bond motifs is 1. The van der Waals surface area contributed by atoms with E-state index in [1.54, 1.807) is 31.4 Å². The zero-order chi connectivity index (χ0) is 26.1. The van der Waals surface area contributed by atoms with Crippen LogP contribution in [0, 0.1) is 5.82 Å². The molecule has 0 bridgehead atoms. The van der Waals surface area contributed by atoms with Crippen LogP contribution in [-0.4, -0.2) is 90.4 Å². The number of H-pyrrole nitrogens is 1. The number of piperazine rings is 1.